The SMILES string of the molecule is NC(=O)C(N)c1ccccc1N. The molecule has 0 bridgehead atoms. The highest BCUT2D eigenvalue weighted by Crippen LogP contribution is 2.16. The van der Waals surface area contributed by atoms with Crippen molar-refractivity contribution >= 4 is 11.6 Å². The summed E-state index contributed by atoms with van der Waals surface area (Å²) in [5.41, 5.74) is 17.1. The summed E-state index contributed by atoms with van der Waals surface area (Å²) in [6.07, 6.45) is 0. The van der Waals surface area contributed by atoms with Gasteiger partial charge in [-0.3, -0.25) is 4.79 Å². The Bertz CT molecular complexity index is 298. The van der Waals surface area contributed by atoms with Crippen molar-refractivity contribution in [2.75, 3.05) is 5.73 Å². The second kappa shape index (κ2) is 3.23. The summed E-state index contributed by atoms with van der Waals surface area (Å²) in [5, 5.41) is 0. The van der Waals surface area contributed by atoms with Crippen LogP contribution in [0.5, 0.6) is 0 Å². The van der Waals surface area contributed by atoms with E-state index in [1.54, 1.807) is 24.3 Å². The van der Waals surface area contributed by atoms with Gasteiger partial charge >= 0.3 is 0 Å². The van der Waals surface area contributed by atoms with Gasteiger partial charge in [0.15, 0.2) is 0 Å². The number of para-hydroxylation sites is 1. The predicted octanol–water partition coefficient (Wildman–Crippen LogP) is -0.246. The van der Waals surface area contributed by atoms with Crippen LogP contribution in [-0.2, 0) is 4.79 Å². The number of primary amides is 1. The Morgan fingerprint density at radius 3 is 2.42 bits per heavy atom. The van der Waals surface area contributed by atoms with Gasteiger partial charge in [-0.15, -0.1) is 0 Å². The molecule has 1 aromatic carbocycles. The molecule has 0 fully saturated rings. The Hall–Kier alpha value is -1.55. The summed E-state index contributed by atoms with van der Waals surface area (Å²) < 4.78 is 0. The molecule has 1 unspecified atom stereocenters. The molecule has 0 aliphatic heterocycles. The minimum Gasteiger partial charge on any atom is -0.398 e. The number of nitrogen functional groups attached to an aromatic ring is 1. The van der Waals surface area contributed by atoms with E-state index in [1.165, 1.54) is 0 Å². The monoisotopic (exact) mass is 165 g/mol. The Balaban J connectivity index is 3.02. The Morgan fingerprint density at radius 2 is 1.92 bits per heavy atom. The summed E-state index contributed by atoms with van der Waals surface area (Å²) >= 11 is 0. The van der Waals surface area contributed by atoms with Crippen molar-refractivity contribution < 1.29 is 4.79 Å². The number of carbonyl (C=O) groups is 1. The van der Waals surface area contributed by atoms with E-state index in [-0.39, 0.29) is 0 Å². The lowest BCUT2D eigenvalue weighted by atomic mass is 10.1. The Labute approximate surface area is 70.3 Å². The van der Waals surface area contributed by atoms with E-state index < -0.39 is 11.9 Å². The van der Waals surface area contributed by atoms with Gasteiger partial charge in [0.25, 0.3) is 0 Å². The highest BCUT2D eigenvalue weighted by molar-refractivity contribution is 5.82. The molecule has 12 heavy (non-hydrogen) atoms. The van der Waals surface area contributed by atoms with Gasteiger partial charge in [-0.2, -0.15) is 0 Å². The van der Waals surface area contributed by atoms with Crippen LogP contribution in [0.25, 0.3) is 0 Å². The topological polar surface area (TPSA) is 95.1 Å². The molecule has 0 aromatic heterocycles. The van der Waals surface area contributed by atoms with Gasteiger partial charge in [-0.25, -0.2) is 0 Å². The van der Waals surface area contributed by atoms with Crippen LogP contribution >= 0.6 is 0 Å². The van der Waals surface area contributed by atoms with Gasteiger partial charge in [0.2, 0.25) is 5.91 Å². The molecule has 0 radical (unpaired) electrons. The molecule has 0 saturated heterocycles. The summed E-state index contributed by atoms with van der Waals surface area (Å²) in [6, 6.07) is 6.08. The summed E-state index contributed by atoms with van der Waals surface area (Å²) in [4.78, 5) is 10.7. The predicted molar refractivity (Wildman–Crippen MR) is 47.0 cm³/mol. The number of carbonyl (C=O) groups excluding carboxylic acids is 1. The zero-order valence-corrected chi connectivity index (χ0v) is 6.53. The van der Waals surface area contributed by atoms with E-state index in [0.29, 0.717) is 11.3 Å². The molecule has 0 aliphatic carbocycles. The van der Waals surface area contributed by atoms with Crippen molar-refractivity contribution in [2.45, 2.75) is 6.04 Å². The first-order chi connectivity index (χ1) is 5.63. The van der Waals surface area contributed by atoms with E-state index in [0.717, 1.165) is 0 Å². The number of rotatable bonds is 2. The quantitative estimate of drug-likeness (QED) is 0.527. The Kier molecular flexibility index (Phi) is 2.30. The van der Waals surface area contributed by atoms with Crippen molar-refractivity contribution in [1.29, 1.82) is 0 Å². The molecule has 6 N–H and O–H groups in total. The molecule has 1 rings (SSSR count). The van der Waals surface area contributed by atoms with Crippen LogP contribution in [0.1, 0.15) is 11.6 Å². The minimum absolute atomic E-state index is 0.490. The van der Waals surface area contributed by atoms with E-state index in [2.05, 4.69) is 0 Å². The van der Waals surface area contributed by atoms with Gasteiger partial charge in [-0.1, -0.05) is 18.2 Å². The maximum absolute atomic E-state index is 10.7. The van der Waals surface area contributed by atoms with Crippen LogP contribution in [0.15, 0.2) is 24.3 Å². The number of nitrogens with two attached hydrogens (primary N) is 3. The van der Waals surface area contributed by atoms with Crippen LogP contribution in [0, 0.1) is 0 Å². The molecule has 4 nitrogen and oxygen atoms in total. The first-order valence-electron chi connectivity index (χ1n) is 3.52. The Morgan fingerprint density at radius 1 is 1.33 bits per heavy atom. The number of amides is 1. The van der Waals surface area contributed by atoms with E-state index in [1.807, 2.05) is 0 Å². The molecular formula is C8H11N3O. The van der Waals surface area contributed by atoms with Crippen molar-refractivity contribution in [2.24, 2.45) is 11.5 Å². The maximum Gasteiger partial charge on any atom is 0.239 e. The molecule has 4 heteroatoms. The van der Waals surface area contributed by atoms with Gasteiger partial charge in [0, 0.05) is 11.3 Å². The number of hydrogen-bond acceptors (Lipinski definition) is 3. The molecule has 0 aliphatic rings. The highest BCUT2D eigenvalue weighted by atomic mass is 16.1. The smallest absolute Gasteiger partial charge is 0.239 e. The van der Waals surface area contributed by atoms with Gasteiger partial charge in [0.05, 0.1) is 0 Å². The third-order valence-corrected chi connectivity index (χ3v) is 1.64. The van der Waals surface area contributed by atoms with Crippen molar-refractivity contribution in [3.63, 3.8) is 0 Å². The number of hydrogen-bond donors (Lipinski definition) is 3. The third-order valence-electron chi connectivity index (χ3n) is 1.64. The summed E-state index contributed by atoms with van der Waals surface area (Å²) in [5.74, 6) is -0.576. The van der Waals surface area contributed by atoms with Crippen LogP contribution in [0.3, 0.4) is 0 Å². The molecule has 0 heterocycles. The van der Waals surface area contributed by atoms with Crippen LogP contribution in [-0.4, -0.2) is 5.91 Å². The van der Waals surface area contributed by atoms with Crippen molar-refractivity contribution in [3.8, 4) is 0 Å². The van der Waals surface area contributed by atoms with Crippen LogP contribution < -0.4 is 17.2 Å². The highest BCUT2D eigenvalue weighted by Gasteiger charge is 2.13. The largest absolute Gasteiger partial charge is 0.398 e. The van der Waals surface area contributed by atoms with Gasteiger partial charge in [0.1, 0.15) is 6.04 Å². The third kappa shape index (κ3) is 1.54. The molecule has 64 valence electrons. The first kappa shape index (κ1) is 8.55. The fourth-order valence-corrected chi connectivity index (χ4v) is 0.947. The lowest BCUT2D eigenvalue weighted by Crippen LogP contribution is -2.28. The summed E-state index contributed by atoms with van der Waals surface area (Å²) in [6.45, 7) is 0. The van der Waals surface area contributed by atoms with Crippen molar-refractivity contribution in [1.82, 2.24) is 0 Å². The first-order valence-corrected chi connectivity index (χ1v) is 3.52. The maximum atomic E-state index is 10.7. The normalized spacial score (nSPS) is 12.4. The summed E-state index contributed by atoms with van der Waals surface area (Å²) in [7, 11) is 0. The fraction of sp³-hybridized carbons (Fsp3) is 0.125. The minimum atomic E-state index is -0.814. The molecule has 1 aromatic rings. The number of benzene rings is 1. The molecule has 0 spiro atoms. The second-order valence-corrected chi connectivity index (χ2v) is 2.51. The lowest BCUT2D eigenvalue weighted by molar-refractivity contribution is -0.119. The van der Waals surface area contributed by atoms with Gasteiger partial charge in [-0.05, 0) is 6.07 Å². The average Bonchev–Trinajstić information content (AvgIpc) is 2.04. The number of anilines is 1. The van der Waals surface area contributed by atoms with E-state index >= 15 is 0 Å². The molecule has 0 saturated carbocycles. The van der Waals surface area contributed by atoms with E-state index in [4.69, 9.17) is 17.2 Å². The fourth-order valence-electron chi connectivity index (χ4n) is 0.947. The molecule has 1 amide bonds. The zero-order chi connectivity index (χ0) is 9.14. The molecular weight excluding hydrogens is 154 g/mol. The second-order valence-electron chi connectivity index (χ2n) is 2.51. The van der Waals surface area contributed by atoms with Crippen molar-refractivity contribution in [3.05, 3.63) is 29.8 Å². The van der Waals surface area contributed by atoms with Crippen LogP contribution in [0.4, 0.5) is 5.69 Å². The van der Waals surface area contributed by atoms with Gasteiger partial charge < -0.3 is 17.2 Å². The lowest BCUT2D eigenvalue weighted by Gasteiger charge is -2.09. The van der Waals surface area contributed by atoms with Crippen LogP contribution in [0.2, 0.25) is 0 Å². The average molecular weight is 165 g/mol. The zero-order valence-electron chi connectivity index (χ0n) is 6.53. The van der Waals surface area contributed by atoms with E-state index in [9.17, 15) is 4.79 Å². The molecule has 1 atom stereocenters. The standard InChI is InChI=1S/C8H11N3O/c9-6-4-2-1-3-5(6)7(10)8(11)12/h1-4,7H,9-10H2,(H2,11,12).